The molecule has 8 nitrogen and oxygen atoms in total. The van der Waals surface area contributed by atoms with Crippen LogP contribution in [-0.2, 0) is 9.47 Å². The first-order chi connectivity index (χ1) is 15.4. The third-order valence-corrected chi connectivity index (χ3v) is 5.61. The molecule has 1 amide bonds. The highest BCUT2D eigenvalue weighted by atomic mass is 35.5. The van der Waals surface area contributed by atoms with Crippen molar-refractivity contribution >= 4 is 23.5 Å². The first-order valence-electron chi connectivity index (χ1n) is 10.1. The molecule has 2 aromatic carbocycles. The maximum absolute atomic E-state index is 13.6. The summed E-state index contributed by atoms with van der Waals surface area (Å²) in [5.74, 6) is -0.602. The maximum atomic E-state index is 13.6. The van der Waals surface area contributed by atoms with Crippen LogP contribution in [0.15, 0.2) is 30.3 Å². The van der Waals surface area contributed by atoms with Crippen molar-refractivity contribution in [2.24, 2.45) is 0 Å². The number of nitrogens with zero attached hydrogens (tertiary/aromatic N) is 1. The van der Waals surface area contributed by atoms with Gasteiger partial charge in [0.05, 0.1) is 22.2 Å². The van der Waals surface area contributed by atoms with E-state index in [0.29, 0.717) is 17.9 Å². The Morgan fingerprint density at radius 3 is 2.41 bits per heavy atom. The van der Waals surface area contributed by atoms with Crippen molar-refractivity contribution in [1.29, 1.82) is 0 Å². The molecule has 9 heteroatoms. The number of hydrogen-bond acceptors (Lipinski definition) is 6. The average molecular weight is 464 g/mol. The van der Waals surface area contributed by atoms with Crippen molar-refractivity contribution in [1.82, 2.24) is 4.90 Å². The number of carboxylic acid groups (broad SMARTS) is 1. The van der Waals surface area contributed by atoms with Gasteiger partial charge in [-0.25, -0.2) is 4.79 Å². The van der Waals surface area contributed by atoms with Crippen molar-refractivity contribution in [3.05, 3.63) is 57.6 Å². The van der Waals surface area contributed by atoms with Crippen LogP contribution in [0.3, 0.4) is 0 Å². The molecule has 1 unspecified atom stereocenters. The molecular formula is C23H26ClNO7. The van der Waals surface area contributed by atoms with Crippen LogP contribution in [0.4, 0.5) is 0 Å². The van der Waals surface area contributed by atoms with E-state index >= 15 is 0 Å². The third kappa shape index (κ3) is 5.15. The SMILES string of the molecule is COCOc1cc(OCOC)c(C(=O)N2CCCC2c2ccc(C(=O)O)cc2C)cc1Cl. The number of ether oxygens (including phenoxy) is 4. The van der Waals surface area contributed by atoms with E-state index in [1.165, 1.54) is 20.3 Å². The number of carboxylic acids is 1. The smallest absolute Gasteiger partial charge is 0.335 e. The van der Waals surface area contributed by atoms with Gasteiger partial charge in [0.25, 0.3) is 5.91 Å². The Bertz CT molecular complexity index is 995. The van der Waals surface area contributed by atoms with Gasteiger partial charge >= 0.3 is 5.97 Å². The molecule has 1 aliphatic rings. The minimum atomic E-state index is -0.982. The lowest BCUT2D eigenvalue weighted by atomic mass is 9.96. The Hall–Kier alpha value is -2.81. The molecule has 2 aromatic rings. The molecule has 0 aliphatic carbocycles. The van der Waals surface area contributed by atoms with E-state index in [1.54, 1.807) is 29.2 Å². The summed E-state index contributed by atoms with van der Waals surface area (Å²) in [5.41, 5.74) is 2.26. The van der Waals surface area contributed by atoms with Gasteiger partial charge in [0.15, 0.2) is 13.6 Å². The molecule has 172 valence electrons. The third-order valence-electron chi connectivity index (χ3n) is 5.32. The van der Waals surface area contributed by atoms with E-state index in [2.05, 4.69) is 0 Å². The normalized spacial score (nSPS) is 15.6. The predicted molar refractivity (Wildman–Crippen MR) is 118 cm³/mol. The second-order valence-corrected chi connectivity index (χ2v) is 7.82. The summed E-state index contributed by atoms with van der Waals surface area (Å²) in [6.45, 7) is 2.36. The fourth-order valence-corrected chi connectivity index (χ4v) is 4.07. The number of hydrogen-bond donors (Lipinski definition) is 1. The summed E-state index contributed by atoms with van der Waals surface area (Å²) in [6, 6.07) is 7.87. The largest absolute Gasteiger partial charge is 0.478 e. The summed E-state index contributed by atoms with van der Waals surface area (Å²) in [4.78, 5) is 26.6. The molecule has 1 saturated heterocycles. The number of methoxy groups -OCH3 is 2. The first kappa shape index (κ1) is 23.8. The van der Waals surface area contributed by atoms with E-state index in [-0.39, 0.29) is 41.9 Å². The fourth-order valence-electron chi connectivity index (χ4n) is 3.85. The zero-order valence-corrected chi connectivity index (χ0v) is 19.0. The number of amides is 1. The van der Waals surface area contributed by atoms with E-state index in [1.807, 2.05) is 6.92 Å². The van der Waals surface area contributed by atoms with Crippen LogP contribution >= 0.6 is 11.6 Å². The molecular weight excluding hydrogens is 438 g/mol. The fraction of sp³-hybridized carbons (Fsp3) is 0.391. The summed E-state index contributed by atoms with van der Waals surface area (Å²) >= 11 is 6.35. The van der Waals surface area contributed by atoms with Crippen LogP contribution in [0.5, 0.6) is 11.5 Å². The Labute approximate surface area is 191 Å². The van der Waals surface area contributed by atoms with Crippen LogP contribution < -0.4 is 9.47 Å². The Kier molecular flexibility index (Phi) is 7.95. The molecule has 0 saturated carbocycles. The lowest BCUT2D eigenvalue weighted by Gasteiger charge is -2.27. The minimum Gasteiger partial charge on any atom is -0.478 e. The van der Waals surface area contributed by atoms with Gasteiger partial charge in [0.2, 0.25) is 0 Å². The second kappa shape index (κ2) is 10.7. The second-order valence-electron chi connectivity index (χ2n) is 7.41. The first-order valence-corrected chi connectivity index (χ1v) is 10.5. The Balaban J connectivity index is 1.94. The molecule has 0 radical (unpaired) electrons. The molecule has 1 fully saturated rings. The number of aromatic carboxylic acids is 1. The Morgan fingerprint density at radius 1 is 1.09 bits per heavy atom. The van der Waals surface area contributed by atoms with E-state index in [9.17, 15) is 14.7 Å². The molecule has 3 rings (SSSR count). The number of halogens is 1. The van der Waals surface area contributed by atoms with Gasteiger partial charge in [-0.1, -0.05) is 17.7 Å². The maximum Gasteiger partial charge on any atom is 0.335 e. The van der Waals surface area contributed by atoms with Crippen molar-refractivity contribution in [3.63, 3.8) is 0 Å². The van der Waals surface area contributed by atoms with Crippen LogP contribution in [0.1, 0.15) is 50.7 Å². The molecule has 0 bridgehead atoms. The number of carbonyl (C=O) groups excluding carboxylic acids is 1. The van der Waals surface area contributed by atoms with Crippen LogP contribution in [0.2, 0.25) is 5.02 Å². The van der Waals surface area contributed by atoms with Crippen LogP contribution in [0.25, 0.3) is 0 Å². The highest BCUT2D eigenvalue weighted by Gasteiger charge is 2.33. The number of rotatable bonds is 9. The van der Waals surface area contributed by atoms with E-state index < -0.39 is 5.97 Å². The molecule has 1 atom stereocenters. The quantitative estimate of drug-likeness (QED) is 0.554. The van der Waals surface area contributed by atoms with E-state index in [4.69, 9.17) is 30.5 Å². The van der Waals surface area contributed by atoms with Crippen LogP contribution in [-0.4, -0.2) is 56.2 Å². The molecule has 32 heavy (non-hydrogen) atoms. The van der Waals surface area contributed by atoms with Gasteiger partial charge in [-0.3, -0.25) is 4.79 Å². The molecule has 0 spiro atoms. The van der Waals surface area contributed by atoms with Gasteiger partial charge < -0.3 is 29.0 Å². The molecule has 1 aliphatic heterocycles. The lowest BCUT2D eigenvalue weighted by Crippen LogP contribution is -2.31. The molecule has 1 heterocycles. The highest BCUT2D eigenvalue weighted by Crippen LogP contribution is 2.39. The number of likely N-dealkylation sites (tertiary alicyclic amines) is 1. The summed E-state index contributed by atoms with van der Waals surface area (Å²) < 4.78 is 21.0. The topological polar surface area (TPSA) is 94.5 Å². The lowest BCUT2D eigenvalue weighted by molar-refractivity contribution is 0.0448. The zero-order chi connectivity index (χ0) is 23.3. The highest BCUT2D eigenvalue weighted by molar-refractivity contribution is 6.32. The van der Waals surface area contributed by atoms with E-state index in [0.717, 1.165) is 24.0 Å². The summed E-state index contributed by atoms with van der Waals surface area (Å²) in [7, 11) is 2.98. The summed E-state index contributed by atoms with van der Waals surface area (Å²) in [5, 5.41) is 9.50. The van der Waals surface area contributed by atoms with Crippen molar-refractivity contribution < 1.29 is 33.6 Å². The van der Waals surface area contributed by atoms with Gasteiger partial charge in [-0.2, -0.15) is 0 Å². The number of benzene rings is 2. The minimum absolute atomic E-state index is 0.00343. The van der Waals surface area contributed by atoms with Crippen molar-refractivity contribution in [3.8, 4) is 11.5 Å². The molecule has 1 N–H and O–H groups in total. The van der Waals surface area contributed by atoms with Crippen LogP contribution in [0, 0.1) is 6.92 Å². The number of aryl methyl sites for hydroxylation is 1. The van der Waals surface area contributed by atoms with Crippen molar-refractivity contribution in [2.75, 3.05) is 34.4 Å². The standard InChI is InChI=1S/C23H26ClNO7/c1-14-9-15(23(27)28)6-7-16(14)19-5-4-8-25(19)22(26)17-10-18(24)21(32-13-30-3)11-20(17)31-12-29-2/h6-7,9-11,19H,4-5,8,12-13H2,1-3H3,(H,27,28). The van der Waals surface area contributed by atoms with Gasteiger partial charge in [0, 0.05) is 26.8 Å². The predicted octanol–water partition coefficient (Wildman–Crippen LogP) is 4.29. The summed E-state index contributed by atoms with van der Waals surface area (Å²) in [6.07, 6.45) is 1.60. The van der Waals surface area contributed by atoms with Gasteiger partial charge in [-0.05, 0) is 49.1 Å². The zero-order valence-electron chi connectivity index (χ0n) is 18.2. The monoisotopic (exact) mass is 463 g/mol. The molecule has 0 aromatic heterocycles. The Morgan fingerprint density at radius 2 is 1.78 bits per heavy atom. The van der Waals surface area contributed by atoms with Crippen molar-refractivity contribution in [2.45, 2.75) is 25.8 Å². The van der Waals surface area contributed by atoms with Gasteiger partial charge in [-0.15, -0.1) is 0 Å². The van der Waals surface area contributed by atoms with Gasteiger partial charge in [0.1, 0.15) is 11.5 Å². The number of carbonyl (C=O) groups is 2. The average Bonchev–Trinajstić information content (AvgIpc) is 3.26.